The van der Waals surface area contributed by atoms with Crippen molar-refractivity contribution in [2.75, 3.05) is 31.1 Å². The molecule has 0 bridgehead atoms. The Morgan fingerprint density at radius 2 is 1.70 bits per heavy atom. The zero-order chi connectivity index (χ0) is 18.8. The first-order valence-corrected chi connectivity index (χ1v) is 8.82. The summed E-state index contributed by atoms with van der Waals surface area (Å²) in [5, 5.41) is 11.4. The van der Waals surface area contributed by atoms with Crippen LogP contribution in [0.3, 0.4) is 0 Å². The summed E-state index contributed by atoms with van der Waals surface area (Å²) in [6, 6.07) is 11.5. The second-order valence-corrected chi connectivity index (χ2v) is 6.58. The zero-order valence-electron chi connectivity index (χ0n) is 14.3. The number of carbonyl (C=O) groups excluding carboxylic acids is 1. The van der Waals surface area contributed by atoms with E-state index in [2.05, 4.69) is 20.4 Å². The molecular weight excluding hydrogens is 371 g/mol. The zero-order valence-corrected chi connectivity index (χ0v) is 15.1. The van der Waals surface area contributed by atoms with Gasteiger partial charge >= 0.3 is 0 Å². The highest BCUT2D eigenvalue weighted by atomic mass is 35.5. The molecule has 1 fully saturated rings. The standard InChI is InChI=1S/C18H16ClFN6O/c19-17-6-5-15(26-12-21-22-23-26)11-16(17)18(27)25-9-7-24(8-10-25)14-3-1-13(20)2-4-14/h1-6,11-12H,7-10H2. The molecular formula is C18H16ClFN6O. The fourth-order valence-electron chi connectivity index (χ4n) is 3.09. The lowest BCUT2D eigenvalue weighted by Gasteiger charge is -2.36. The molecule has 0 radical (unpaired) electrons. The molecule has 2 heterocycles. The van der Waals surface area contributed by atoms with Gasteiger partial charge in [-0.2, -0.15) is 0 Å². The average molecular weight is 387 g/mol. The summed E-state index contributed by atoms with van der Waals surface area (Å²) in [4.78, 5) is 16.8. The van der Waals surface area contributed by atoms with Crippen molar-refractivity contribution in [2.45, 2.75) is 0 Å². The lowest BCUT2D eigenvalue weighted by molar-refractivity contribution is 0.0747. The molecule has 0 spiro atoms. The van der Waals surface area contributed by atoms with E-state index in [1.807, 2.05) is 0 Å². The normalized spacial score (nSPS) is 14.4. The fraction of sp³-hybridized carbons (Fsp3) is 0.222. The summed E-state index contributed by atoms with van der Waals surface area (Å²) in [5.74, 6) is -0.390. The first-order valence-electron chi connectivity index (χ1n) is 8.44. The van der Waals surface area contributed by atoms with E-state index in [0.29, 0.717) is 42.5 Å². The van der Waals surface area contributed by atoms with Crippen LogP contribution in [0.2, 0.25) is 5.02 Å². The number of hydrogen-bond donors (Lipinski definition) is 0. The second-order valence-electron chi connectivity index (χ2n) is 6.17. The summed E-state index contributed by atoms with van der Waals surface area (Å²) in [5.41, 5.74) is 2.03. The van der Waals surface area contributed by atoms with E-state index in [0.717, 1.165) is 5.69 Å². The number of amides is 1. The highest BCUT2D eigenvalue weighted by Gasteiger charge is 2.24. The van der Waals surface area contributed by atoms with Crippen molar-refractivity contribution >= 4 is 23.2 Å². The number of aromatic nitrogens is 4. The highest BCUT2D eigenvalue weighted by molar-refractivity contribution is 6.33. The smallest absolute Gasteiger partial charge is 0.255 e. The maximum atomic E-state index is 13.1. The summed E-state index contributed by atoms with van der Waals surface area (Å²) >= 11 is 6.26. The molecule has 3 aromatic rings. The first kappa shape index (κ1) is 17.4. The second kappa shape index (κ2) is 7.32. The molecule has 138 valence electrons. The monoisotopic (exact) mass is 386 g/mol. The van der Waals surface area contributed by atoms with Crippen LogP contribution in [0.5, 0.6) is 0 Å². The van der Waals surface area contributed by atoms with Gasteiger partial charge in [-0.15, -0.1) is 5.10 Å². The average Bonchev–Trinajstić information content (AvgIpc) is 3.23. The van der Waals surface area contributed by atoms with Gasteiger partial charge in [-0.05, 0) is 52.9 Å². The van der Waals surface area contributed by atoms with Gasteiger partial charge < -0.3 is 9.80 Å². The number of nitrogens with zero attached hydrogens (tertiary/aromatic N) is 6. The Hall–Kier alpha value is -3.00. The Balaban J connectivity index is 1.48. The van der Waals surface area contributed by atoms with E-state index < -0.39 is 0 Å². The molecule has 7 nitrogen and oxygen atoms in total. The van der Waals surface area contributed by atoms with Crippen LogP contribution >= 0.6 is 11.6 Å². The minimum atomic E-state index is -0.260. The maximum absolute atomic E-state index is 13.1. The third-order valence-electron chi connectivity index (χ3n) is 4.55. The number of rotatable bonds is 3. The van der Waals surface area contributed by atoms with Gasteiger partial charge in [-0.3, -0.25) is 4.79 Å². The van der Waals surface area contributed by atoms with E-state index in [1.54, 1.807) is 35.2 Å². The van der Waals surface area contributed by atoms with Gasteiger partial charge in [0, 0.05) is 31.9 Å². The molecule has 4 rings (SSSR count). The molecule has 0 aliphatic carbocycles. The number of anilines is 1. The van der Waals surface area contributed by atoms with Gasteiger partial charge in [0.15, 0.2) is 0 Å². The minimum absolute atomic E-state index is 0.131. The van der Waals surface area contributed by atoms with E-state index >= 15 is 0 Å². The van der Waals surface area contributed by atoms with Crippen LogP contribution in [0, 0.1) is 5.82 Å². The van der Waals surface area contributed by atoms with Crippen molar-refractivity contribution in [1.29, 1.82) is 0 Å². The van der Waals surface area contributed by atoms with E-state index in [-0.39, 0.29) is 11.7 Å². The molecule has 0 unspecified atom stereocenters. The Labute approximate surface area is 159 Å². The van der Waals surface area contributed by atoms with Crippen molar-refractivity contribution in [3.05, 3.63) is 65.2 Å². The van der Waals surface area contributed by atoms with Gasteiger partial charge in [-0.1, -0.05) is 11.6 Å². The fourth-order valence-corrected chi connectivity index (χ4v) is 3.29. The summed E-state index contributed by atoms with van der Waals surface area (Å²) < 4.78 is 14.6. The molecule has 1 amide bonds. The van der Waals surface area contributed by atoms with Gasteiger partial charge in [-0.25, -0.2) is 9.07 Å². The van der Waals surface area contributed by atoms with Gasteiger partial charge in [0.05, 0.1) is 16.3 Å². The van der Waals surface area contributed by atoms with Crippen molar-refractivity contribution in [2.24, 2.45) is 0 Å². The third kappa shape index (κ3) is 3.61. The van der Waals surface area contributed by atoms with Gasteiger partial charge in [0.1, 0.15) is 12.1 Å². The highest BCUT2D eigenvalue weighted by Crippen LogP contribution is 2.23. The number of hydrogen-bond acceptors (Lipinski definition) is 5. The van der Waals surface area contributed by atoms with Crippen LogP contribution in [-0.2, 0) is 0 Å². The Bertz CT molecular complexity index is 939. The van der Waals surface area contributed by atoms with E-state index in [1.165, 1.54) is 23.1 Å². The summed E-state index contributed by atoms with van der Waals surface area (Å²) in [6.45, 7) is 2.45. The quantitative estimate of drug-likeness (QED) is 0.691. The molecule has 27 heavy (non-hydrogen) atoms. The third-order valence-corrected chi connectivity index (χ3v) is 4.88. The lowest BCUT2D eigenvalue weighted by Crippen LogP contribution is -2.48. The maximum Gasteiger partial charge on any atom is 0.255 e. The molecule has 1 saturated heterocycles. The first-order chi connectivity index (χ1) is 13.1. The van der Waals surface area contributed by atoms with Crippen LogP contribution in [-0.4, -0.2) is 57.2 Å². The van der Waals surface area contributed by atoms with Crippen molar-refractivity contribution in [1.82, 2.24) is 25.1 Å². The van der Waals surface area contributed by atoms with E-state index in [4.69, 9.17) is 11.6 Å². The molecule has 1 aliphatic heterocycles. The Morgan fingerprint density at radius 3 is 2.37 bits per heavy atom. The number of tetrazole rings is 1. The van der Waals surface area contributed by atoms with Crippen LogP contribution in [0.25, 0.3) is 5.69 Å². The number of halogens is 2. The molecule has 1 aromatic heterocycles. The molecule has 0 N–H and O–H groups in total. The predicted molar refractivity (Wildman–Crippen MR) is 98.7 cm³/mol. The number of carbonyl (C=O) groups is 1. The SMILES string of the molecule is O=C(c1cc(-n2cnnn2)ccc1Cl)N1CCN(c2ccc(F)cc2)CC1. The summed E-state index contributed by atoms with van der Waals surface area (Å²) in [7, 11) is 0. The van der Waals surface area contributed by atoms with Crippen LogP contribution in [0.15, 0.2) is 48.8 Å². The number of benzene rings is 2. The molecule has 0 atom stereocenters. The Morgan fingerprint density at radius 1 is 1.00 bits per heavy atom. The molecule has 1 aliphatic rings. The lowest BCUT2D eigenvalue weighted by atomic mass is 10.1. The molecule has 0 saturated carbocycles. The predicted octanol–water partition coefficient (Wildman–Crippen LogP) is 2.42. The van der Waals surface area contributed by atoms with Crippen molar-refractivity contribution < 1.29 is 9.18 Å². The van der Waals surface area contributed by atoms with Crippen LogP contribution < -0.4 is 4.90 Å². The summed E-state index contributed by atoms with van der Waals surface area (Å²) in [6.07, 6.45) is 1.46. The Kier molecular flexibility index (Phi) is 4.72. The van der Waals surface area contributed by atoms with Crippen LogP contribution in [0.1, 0.15) is 10.4 Å². The van der Waals surface area contributed by atoms with Gasteiger partial charge in [0.25, 0.3) is 5.91 Å². The molecule has 2 aromatic carbocycles. The topological polar surface area (TPSA) is 67.2 Å². The van der Waals surface area contributed by atoms with Crippen molar-refractivity contribution in [3.8, 4) is 5.69 Å². The molecule has 9 heteroatoms. The largest absolute Gasteiger partial charge is 0.368 e. The van der Waals surface area contributed by atoms with E-state index in [9.17, 15) is 9.18 Å². The van der Waals surface area contributed by atoms with Crippen molar-refractivity contribution in [3.63, 3.8) is 0 Å². The van der Waals surface area contributed by atoms with Gasteiger partial charge in [0.2, 0.25) is 0 Å². The minimum Gasteiger partial charge on any atom is -0.368 e. The van der Waals surface area contributed by atoms with Crippen LogP contribution in [0.4, 0.5) is 10.1 Å². The number of piperazine rings is 1.